The molecule has 0 aliphatic heterocycles. The van der Waals surface area contributed by atoms with Crippen LogP contribution in [-0.2, 0) is 9.59 Å². The summed E-state index contributed by atoms with van der Waals surface area (Å²) in [5.74, 6) is 0.269. The molecule has 1 fully saturated rings. The van der Waals surface area contributed by atoms with Crippen LogP contribution in [0.2, 0.25) is 0 Å². The van der Waals surface area contributed by atoms with Crippen LogP contribution in [0.3, 0.4) is 0 Å². The first-order chi connectivity index (χ1) is 6.68. The Morgan fingerprint density at radius 2 is 1.79 bits per heavy atom. The number of fused-ring (bicyclic) bond motifs is 5. The van der Waals surface area contributed by atoms with Crippen molar-refractivity contribution in [1.29, 1.82) is 0 Å². The van der Waals surface area contributed by atoms with Crippen molar-refractivity contribution in [3.05, 3.63) is 23.3 Å². The fraction of sp³-hybridized carbons (Fsp3) is 0.455. The van der Waals surface area contributed by atoms with Crippen molar-refractivity contribution in [2.75, 3.05) is 0 Å². The van der Waals surface area contributed by atoms with Crippen molar-refractivity contribution in [2.45, 2.75) is 6.42 Å². The number of hydrogen-bond donors (Lipinski definition) is 0. The molecule has 2 nitrogen and oxygen atoms in total. The molecule has 0 unspecified atom stereocenters. The number of hydrogen-bond acceptors (Lipinski definition) is 2. The number of carbonyl (C=O) groups excluding carboxylic acids is 2. The van der Waals surface area contributed by atoms with E-state index in [1.54, 1.807) is 0 Å². The first-order valence-corrected chi connectivity index (χ1v) is 5.20. The lowest BCUT2D eigenvalue weighted by Gasteiger charge is -2.27. The molecule has 0 saturated heterocycles. The summed E-state index contributed by atoms with van der Waals surface area (Å²) in [7, 11) is 0. The van der Waals surface area contributed by atoms with Gasteiger partial charge in [0.25, 0.3) is 0 Å². The highest BCUT2D eigenvalue weighted by molar-refractivity contribution is 6.45. The Balaban J connectivity index is 2.10. The van der Waals surface area contributed by atoms with Crippen LogP contribution in [0.1, 0.15) is 6.42 Å². The van der Waals surface area contributed by atoms with E-state index in [0.29, 0.717) is 0 Å². The summed E-state index contributed by atoms with van der Waals surface area (Å²) < 4.78 is 0. The van der Waals surface area contributed by atoms with Crippen LogP contribution in [-0.4, -0.2) is 11.6 Å². The standard InChI is InChI=1S/C11H9ClO2/c12-7-4-8(13)9-5-1-2-6(3-5)10(9)11(7)14/h1-2,4-6,9-10H,3H2/t5-,6-,9+,10+/m1/s1. The molecule has 14 heavy (non-hydrogen) atoms. The molecule has 0 N–H and O–H groups in total. The molecule has 0 amide bonds. The van der Waals surface area contributed by atoms with Crippen LogP contribution < -0.4 is 0 Å². The number of ketones is 2. The normalized spacial score (nSPS) is 44.2. The van der Waals surface area contributed by atoms with E-state index in [-0.39, 0.29) is 40.3 Å². The predicted octanol–water partition coefficient (Wildman–Crippen LogP) is 1.70. The Morgan fingerprint density at radius 3 is 2.50 bits per heavy atom. The summed E-state index contributed by atoms with van der Waals surface area (Å²) in [5.41, 5.74) is 0. The fourth-order valence-corrected chi connectivity index (χ4v) is 3.25. The number of Topliss-reactive ketones (excluding diaryl/α,β-unsaturated/α-hetero) is 1. The van der Waals surface area contributed by atoms with Crippen molar-refractivity contribution in [1.82, 2.24) is 0 Å². The van der Waals surface area contributed by atoms with E-state index in [9.17, 15) is 9.59 Å². The lowest BCUT2D eigenvalue weighted by atomic mass is 9.75. The van der Waals surface area contributed by atoms with Crippen molar-refractivity contribution in [2.24, 2.45) is 23.7 Å². The topological polar surface area (TPSA) is 34.1 Å². The molecule has 3 rings (SSSR count). The van der Waals surface area contributed by atoms with Gasteiger partial charge in [0, 0.05) is 17.9 Å². The van der Waals surface area contributed by atoms with E-state index in [1.807, 2.05) is 0 Å². The van der Waals surface area contributed by atoms with Gasteiger partial charge in [-0.25, -0.2) is 0 Å². The molecule has 0 radical (unpaired) electrons. The molecule has 0 aromatic carbocycles. The van der Waals surface area contributed by atoms with E-state index in [1.165, 1.54) is 6.08 Å². The fourth-order valence-electron chi connectivity index (χ4n) is 3.02. The van der Waals surface area contributed by atoms with Crippen LogP contribution in [0.25, 0.3) is 0 Å². The quantitative estimate of drug-likeness (QED) is 0.568. The minimum absolute atomic E-state index is 0.0342. The third kappa shape index (κ3) is 0.871. The minimum atomic E-state index is -0.157. The van der Waals surface area contributed by atoms with E-state index in [4.69, 9.17) is 11.6 Å². The molecule has 0 heterocycles. The molecule has 0 spiro atoms. The highest BCUT2D eigenvalue weighted by atomic mass is 35.5. The molecule has 3 aliphatic rings. The van der Waals surface area contributed by atoms with Gasteiger partial charge in [-0.1, -0.05) is 23.8 Å². The zero-order valence-electron chi connectivity index (χ0n) is 7.44. The van der Waals surface area contributed by atoms with Gasteiger partial charge in [-0.2, -0.15) is 0 Å². The summed E-state index contributed by atoms with van der Waals surface area (Å²) >= 11 is 5.73. The van der Waals surface area contributed by atoms with Gasteiger partial charge in [0.1, 0.15) is 0 Å². The van der Waals surface area contributed by atoms with Crippen molar-refractivity contribution in [3.63, 3.8) is 0 Å². The molecule has 0 aromatic rings. The van der Waals surface area contributed by atoms with Crippen LogP contribution in [0.5, 0.6) is 0 Å². The Labute approximate surface area is 86.6 Å². The monoisotopic (exact) mass is 208 g/mol. The molecular formula is C11H9ClO2. The Hall–Kier alpha value is -0.890. The van der Waals surface area contributed by atoms with Gasteiger partial charge in [0.05, 0.1) is 5.03 Å². The van der Waals surface area contributed by atoms with Crippen molar-refractivity contribution >= 4 is 23.2 Å². The van der Waals surface area contributed by atoms with Gasteiger partial charge >= 0.3 is 0 Å². The number of carbonyl (C=O) groups is 2. The van der Waals surface area contributed by atoms with Crippen LogP contribution >= 0.6 is 11.6 Å². The zero-order chi connectivity index (χ0) is 9.87. The van der Waals surface area contributed by atoms with Gasteiger partial charge in [-0.15, -0.1) is 0 Å². The molecule has 1 saturated carbocycles. The smallest absolute Gasteiger partial charge is 0.178 e. The number of halogens is 1. The second kappa shape index (κ2) is 2.57. The van der Waals surface area contributed by atoms with Crippen LogP contribution in [0.15, 0.2) is 23.3 Å². The van der Waals surface area contributed by atoms with Gasteiger partial charge in [-0.3, -0.25) is 9.59 Å². The molecule has 3 heteroatoms. The van der Waals surface area contributed by atoms with Gasteiger partial charge in [0.15, 0.2) is 11.6 Å². The zero-order valence-corrected chi connectivity index (χ0v) is 8.20. The maximum absolute atomic E-state index is 11.8. The Kier molecular flexibility index (Phi) is 1.55. The largest absolute Gasteiger partial charge is 0.294 e. The average molecular weight is 209 g/mol. The first-order valence-electron chi connectivity index (χ1n) is 4.82. The van der Waals surface area contributed by atoms with Crippen molar-refractivity contribution < 1.29 is 9.59 Å². The van der Waals surface area contributed by atoms with Gasteiger partial charge < -0.3 is 0 Å². The van der Waals surface area contributed by atoms with E-state index < -0.39 is 0 Å². The minimum Gasteiger partial charge on any atom is -0.294 e. The average Bonchev–Trinajstić information content (AvgIpc) is 2.73. The maximum Gasteiger partial charge on any atom is 0.178 e. The molecule has 72 valence electrons. The van der Waals surface area contributed by atoms with Gasteiger partial charge in [-0.05, 0) is 18.3 Å². The van der Waals surface area contributed by atoms with Gasteiger partial charge in [0.2, 0.25) is 0 Å². The van der Waals surface area contributed by atoms with Crippen LogP contribution in [0, 0.1) is 23.7 Å². The Morgan fingerprint density at radius 1 is 1.14 bits per heavy atom. The highest BCUT2D eigenvalue weighted by Gasteiger charge is 2.52. The van der Waals surface area contributed by atoms with Crippen LogP contribution in [0.4, 0.5) is 0 Å². The molecule has 3 aliphatic carbocycles. The highest BCUT2D eigenvalue weighted by Crippen LogP contribution is 2.51. The molecule has 0 aromatic heterocycles. The van der Waals surface area contributed by atoms with E-state index in [2.05, 4.69) is 12.2 Å². The summed E-state index contributed by atoms with van der Waals surface area (Å²) in [6, 6.07) is 0. The summed E-state index contributed by atoms with van der Waals surface area (Å²) in [6.07, 6.45) is 6.39. The molecular weight excluding hydrogens is 200 g/mol. The second-order valence-corrected chi connectivity index (χ2v) is 4.67. The number of rotatable bonds is 0. The van der Waals surface area contributed by atoms with E-state index in [0.717, 1.165) is 6.42 Å². The summed E-state index contributed by atoms with van der Waals surface area (Å²) in [5, 5.41) is 0.122. The third-order valence-corrected chi connectivity index (χ3v) is 3.89. The van der Waals surface area contributed by atoms with Crippen molar-refractivity contribution in [3.8, 4) is 0 Å². The third-order valence-electron chi connectivity index (χ3n) is 3.59. The predicted molar refractivity (Wildman–Crippen MR) is 51.7 cm³/mol. The molecule has 4 atom stereocenters. The first kappa shape index (κ1) is 8.42. The lowest BCUT2D eigenvalue weighted by molar-refractivity contribution is -0.129. The lowest BCUT2D eigenvalue weighted by Crippen LogP contribution is -2.36. The van der Waals surface area contributed by atoms with E-state index >= 15 is 0 Å². The second-order valence-electron chi connectivity index (χ2n) is 4.26. The molecule has 2 bridgehead atoms. The SMILES string of the molecule is O=C1C(Cl)=CC(=O)[C@H]2[C@@H]1[C@@H]1C=C[C@@H]2C1. The maximum atomic E-state index is 11.8. The Bertz CT molecular complexity index is 394. The number of allylic oxidation sites excluding steroid dienone is 4. The summed E-state index contributed by atoms with van der Waals surface area (Å²) in [4.78, 5) is 23.4. The summed E-state index contributed by atoms with van der Waals surface area (Å²) in [6.45, 7) is 0.